The lowest BCUT2D eigenvalue weighted by atomic mass is 10.0. The standard InChI is InChI=1S/C14H10O3S2/c15-14-11(7-10-5-6-18-8-10)9-19(16,17)13-4-2-1-3-12(13)14/h1-8H,9H2. The van der Waals surface area contributed by atoms with Crippen molar-refractivity contribution in [3.05, 3.63) is 57.8 Å². The van der Waals surface area contributed by atoms with Crippen LogP contribution in [0, 0.1) is 0 Å². The van der Waals surface area contributed by atoms with E-state index in [-0.39, 0.29) is 22.0 Å². The molecular weight excluding hydrogens is 280 g/mol. The molecule has 5 heteroatoms. The zero-order chi connectivity index (χ0) is 13.5. The SMILES string of the molecule is O=C1C(=Cc2ccsc2)CS(=O)(=O)c2ccccc21. The van der Waals surface area contributed by atoms with Gasteiger partial charge in [0.15, 0.2) is 15.6 Å². The van der Waals surface area contributed by atoms with E-state index < -0.39 is 9.84 Å². The monoisotopic (exact) mass is 290 g/mol. The first-order chi connectivity index (χ1) is 9.08. The first-order valence-corrected chi connectivity index (χ1v) is 8.27. The van der Waals surface area contributed by atoms with Crippen molar-refractivity contribution in [3.63, 3.8) is 0 Å². The highest BCUT2D eigenvalue weighted by atomic mass is 32.2. The van der Waals surface area contributed by atoms with Crippen LogP contribution in [0.3, 0.4) is 0 Å². The average molecular weight is 290 g/mol. The fourth-order valence-corrected chi connectivity index (χ4v) is 4.29. The fraction of sp³-hybridized carbons (Fsp3) is 0.0714. The van der Waals surface area contributed by atoms with E-state index in [1.54, 1.807) is 24.3 Å². The van der Waals surface area contributed by atoms with Crippen LogP contribution in [0.25, 0.3) is 6.08 Å². The molecule has 1 aromatic carbocycles. The Morgan fingerprint density at radius 2 is 1.95 bits per heavy atom. The van der Waals surface area contributed by atoms with Gasteiger partial charge in [0.1, 0.15) is 0 Å². The molecule has 0 aliphatic carbocycles. The molecule has 0 atom stereocenters. The zero-order valence-electron chi connectivity index (χ0n) is 9.87. The number of carbonyl (C=O) groups is 1. The maximum Gasteiger partial charge on any atom is 0.191 e. The number of ketones is 1. The third kappa shape index (κ3) is 2.15. The smallest absolute Gasteiger partial charge is 0.191 e. The Hall–Kier alpha value is -1.72. The van der Waals surface area contributed by atoms with E-state index in [0.29, 0.717) is 5.57 Å². The molecule has 0 bridgehead atoms. The van der Waals surface area contributed by atoms with Gasteiger partial charge < -0.3 is 0 Å². The second kappa shape index (κ2) is 4.43. The van der Waals surface area contributed by atoms with Gasteiger partial charge in [-0.2, -0.15) is 11.3 Å². The molecule has 3 nitrogen and oxygen atoms in total. The maximum absolute atomic E-state index is 12.3. The minimum Gasteiger partial charge on any atom is -0.289 e. The summed E-state index contributed by atoms with van der Waals surface area (Å²) in [5.74, 6) is -0.421. The Labute approximate surface area is 115 Å². The normalized spacial score (nSPS) is 19.4. The molecule has 0 saturated heterocycles. The Kier molecular flexibility index (Phi) is 2.88. The van der Waals surface area contributed by atoms with E-state index in [0.717, 1.165) is 5.56 Å². The largest absolute Gasteiger partial charge is 0.289 e. The van der Waals surface area contributed by atoms with Crippen LogP contribution >= 0.6 is 11.3 Å². The molecule has 0 unspecified atom stereocenters. The molecule has 19 heavy (non-hydrogen) atoms. The van der Waals surface area contributed by atoms with Crippen molar-refractivity contribution in [1.29, 1.82) is 0 Å². The molecule has 0 N–H and O–H groups in total. The third-order valence-electron chi connectivity index (χ3n) is 2.99. The van der Waals surface area contributed by atoms with Crippen molar-refractivity contribution in [2.75, 3.05) is 5.75 Å². The molecule has 96 valence electrons. The fourth-order valence-electron chi connectivity index (χ4n) is 2.11. The Morgan fingerprint density at radius 3 is 2.68 bits per heavy atom. The van der Waals surface area contributed by atoms with Crippen molar-refractivity contribution in [1.82, 2.24) is 0 Å². The van der Waals surface area contributed by atoms with Crippen molar-refractivity contribution >= 4 is 33.0 Å². The number of thiophene rings is 1. The molecule has 0 saturated carbocycles. The number of Topliss-reactive ketones (excluding diaryl/α,β-unsaturated/α-hetero) is 1. The van der Waals surface area contributed by atoms with Crippen molar-refractivity contribution in [2.24, 2.45) is 0 Å². The second-order valence-corrected chi connectivity index (χ2v) is 7.05. The van der Waals surface area contributed by atoms with Gasteiger partial charge in [-0.25, -0.2) is 8.42 Å². The van der Waals surface area contributed by atoms with Crippen molar-refractivity contribution < 1.29 is 13.2 Å². The molecule has 0 amide bonds. The van der Waals surface area contributed by atoms with Gasteiger partial charge in [-0.05, 0) is 40.6 Å². The zero-order valence-corrected chi connectivity index (χ0v) is 11.5. The highest BCUT2D eigenvalue weighted by Gasteiger charge is 2.32. The van der Waals surface area contributed by atoms with Gasteiger partial charge in [-0.3, -0.25) is 4.79 Å². The summed E-state index contributed by atoms with van der Waals surface area (Å²) < 4.78 is 24.3. The topological polar surface area (TPSA) is 51.2 Å². The van der Waals surface area contributed by atoms with E-state index in [4.69, 9.17) is 0 Å². The highest BCUT2D eigenvalue weighted by Crippen LogP contribution is 2.28. The Balaban J connectivity index is 2.17. The lowest BCUT2D eigenvalue weighted by molar-refractivity contribution is 0.103. The predicted octanol–water partition coefficient (Wildman–Crippen LogP) is 2.80. The van der Waals surface area contributed by atoms with E-state index in [2.05, 4.69) is 0 Å². The number of rotatable bonds is 1. The Morgan fingerprint density at radius 1 is 1.16 bits per heavy atom. The van der Waals surface area contributed by atoms with E-state index in [1.165, 1.54) is 17.4 Å². The summed E-state index contributed by atoms with van der Waals surface area (Å²) in [7, 11) is -3.41. The summed E-state index contributed by atoms with van der Waals surface area (Å²) in [6, 6.07) is 8.23. The lowest BCUT2D eigenvalue weighted by Crippen LogP contribution is -2.24. The minimum absolute atomic E-state index is 0.141. The second-order valence-electron chi connectivity index (χ2n) is 4.31. The number of hydrogen-bond acceptors (Lipinski definition) is 4. The maximum atomic E-state index is 12.3. The number of benzene rings is 1. The summed E-state index contributed by atoms with van der Waals surface area (Å²) in [5, 5.41) is 3.77. The number of fused-ring (bicyclic) bond motifs is 1. The van der Waals surface area contributed by atoms with Crippen LogP contribution in [-0.2, 0) is 9.84 Å². The van der Waals surface area contributed by atoms with E-state index in [1.807, 2.05) is 16.8 Å². The van der Waals surface area contributed by atoms with Crippen LogP contribution in [0.4, 0.5) is 0 Å². The summed E-state index contributed by atoms with van der Waals surface area (Å²) in [6.45, 7) is 0. The van der Waals surface area contributed by atoms with Crippen LogP contribution < -0.4 is 0 Å². The van der Waals surface area contributed by atoms with Gasteiger partial charge in [0.05, 0.1) is 10.6 Å². The van der Waals surface area contributed by atoms with Crippen LogP contribution in [-0.4, -0.2) is 20.0 Å². The molecule has 1 aliphatic rings. The van der Waals surface area contributed by atoms with Crippen LogP contribution in [0.5, 0.6) is 0 Å². The molecular formula is C14H10O3S2. The van der Waals surface area contributed by atoms with Crippen LogP contribution in [0.2, 0.25) is 0 Å². The molecule has 2 aromatic rings. The van der Waals surface area contributed by atoms with Crippen molar-refractivity contribution in [2.45, 2.75) is 4.90 Å². The van der Waals surface area contributed by atoms with Gasteiger partial charge in [0.25, 0.3) is 0 Å². The van der Waals surface area contributed by atoms with Gasteiger partial charge in [0, 0.05) is 11.1 Å². The molecule has 1 aliphatic heterocycles. The number of carbonyl (C=O) groups excluding carboxylic acids is 1. The first-order valence-electron chi connectivity index (χ1n) is 5.67. The minimum atomic E-state index is -3.41. The lowest BCUT2D eigenvalue weighted by Gasteiger charge is -2.17. The molecule has 0 radical (unpaired) electrons. The van der Waals surface area contributed by atoms with Gasteiger partial charge >= 0.3 is 0 Å². The van der Waals surface area contributed by atoms with Crippen LogP contribution in [0.15, 0.2) is 51.6 Å². The van der Waals surface area contributed by atoms with Gasteiger partial charge in [0.2, 0.25) is 0 Å². The predicted molar refractivity (Wildman–Crippen MR) is 75.1 cm³/mol. The number of sulfone groups is 1. The average Bonchev–Trinajstić information content (AvgIpc) is 2.88. The van der Waals surface area contributed by atoms with Gasteiger partial charge in [-0.1, -0.05) is 12.1 Å². The van der Waals surface area contributed by atoms with Gasteiger partial charge in [-0.15, -0.1) is 0 Å². The highest BCUT2D eigenvalue weighted by molar-refractivity contribution is 7.91. The quantitative estimate of drug-likeness (QED) is 0.759. The van der Waals surface area contributed by atoms with E-state index in [9.17, 15) is 13.2 Å². The molecule has 3 rings (SSSR count). The summed E-state index contributed by atoms with van der Waals surface area (Å²) in [5.41, 5.74) is 1.47. The Bertz CT molecular complexity index is 769. The summed E-state index contributed by atoms with van der Waals surface area (Å²) in [6.07, 6.45) is 1.66. The molecule has 2 heterocycles. The van der Waals surface area contributed by atoms with Crippen LogP contribution in [0.1, 0.15) is 15.9 Å². The van der Waals surface area contributed by atoms with Crippen molar-refractivity contribution in [3.8, 4) is 0 Å². The number of hydrogen-bond donors (Lipinski definition) is 0. The van der Waals surface area contributed by atoms with E-state index >= 15 is 0 Å². The summed E-state index contributed by atoms with van der Waals surface area (Å²) >= 11 is 1.51. The molecule has 1 aromatic heterocycles. The first kappa shape index (κ1) is 12.3. The third-order valence-corrected chi connectivity index (χ3v) is 5.41. The molecule has 0 spiro atoms. The molecule has 0 fully saturated rings. The summed E-state index contributed by atoms with van der Waals surface area (Å²) in [4.78, 5) is 12.4.